The Bertz CT molecular complexity index is 510. The average Bonchev–Trinajstić information content (AvgIpc) is 3.21. The highest BCUT2D eigenvalue weighted by Crippen LogP contribution is 2.44. The van der Waals surface area contributed by atoms with Crippen molar-refractivity contribution >= 4 is 5.91 Å². The Hall–Kier alpha value is -1.62. The Kier molecular flexibility index (Phi) is 3.38. The largest absolute Gasteiger partial charge is 0.490 e. The quantitative estimate of drug-likeness (QED) is 0.890. The van der Waals surface area contributed by atoms with Gasteiger partial charge in [0.1, 0.15) is 5.60 Å². The van der Waals surface area contributed by atoms with E-state index in [-0.39, 0.29) is 24.7 Å². The van der Waals surface area contributed by atoms with Crippen molar-refractivity contribution in [3.8, 4) is 5.75 Å². The van der Waals surface area contributed by atoms with Gasteiger partial charge in [0.05, 0.1) is 26.1 Å². The van der Waals surface area contributed by atoms with E-state index < -0.39 is 11.4 Å². The summed E-state index contributed by atoms with van der Waals surface area (Å²) in [5, 5.41) is 10.1. The molecule has 1 aromatic carbocycles. The number of carbonyl (C=O) groups is 1. The predicted molar refractivity (Wildman–Crippen MR) is 70.8 cm³/mol. The Labute approximate surface area is 117 Å². The van der Waals surface area contributed by atoms with Gasteiger partial charge >= 0.3 is 0 Å². The van der Waals surface area contributed by atoms with Gasteiger partial charge in [-0.25, -0.2) is 4.39 Å². The molecule has 1 saturated carbocycles. The van der Waals surface area contributed by atoms with Crippen molar-refractivity contribution in [2.24, 2.45) is 5.92 Å². The van der Waals surface area contributed by atoms with E-state index in [2.05, 4.69) is 0 Å². The second kappa shape index (κ2) is 5.05. The molecule has 0 unspecified atom stereocenters. The average molecular weight is 279 g/mol. The molecular weight excluding hydrogens is 261 g/mol. The topological polar surface area (TPSA) is 49.8 Å². The van der Waals surface area contributed by atoms with Crippen LogP contribution in [-0.4, -0.2) is 41.2 Å². The number of likely N-dealkylation sites (tertiary alicyclic amines) is 1. The standard InChI is InChI=1S/C15H18FNO3/c16-12-3-1-2-4-13(12)20-8-7-14(18)17-9-15(19,10-17)11-5-6-11/h1-4,11,19H,5-10H2. The molecule has 3 rings (SSSR count). The van der Waals surface area contributed by atoms with Crippen LogP contribution in [0.1, 0.15) is 19.3 Å². The molecule has 2 fully saturated rings. The molecule has 1 aliphatic carbocycles. The van der Waals surface area contributed by atoms with E-state index in [1.165, 1.54) is 12.1 Å². The van der Waals surface area contributed by atoms with Gasteiger partial charge in [-0.15, -0.1) is 0 Å². The normalized spacial score (nSPS) is 20.4. The number of carbonyl (C=O) groups excluding carboxylic acids is 1. The Morgan fingerprint density at radius 3 is 2.75 bits per heavy atom. The molecular formula is C15H18FNO3. The summed E-state index contributed by atoms with van der Waals surface area (Å²) in [6, 6.07) is 6.13. The summed E-state index contributed by atoms with van der Waals surface area (Å²) in [6.45, 7) is 1.00. The molecule has 1 amide bonds. The third-order valence-corrected chi connectivity index (χ3v) is 4.03. The zero-order valence-corrected chi connectivity index (χ0v) is 11.2. The van der Waals surface area contributed by atoms with Gasteiger partial charge < -0.3 is 14.7 Å². The van der Waals surface area contributed by atoms with Crippen molar-refractivity contribution < 1.29 is 19.0 Å². The molecule has 1 heterocycles. The zero-order valence-electron chi connectivity index (χ0n) is 11.2. The van der Waals surface area contributed by atoms with Crippen LogP contribution in [0.25, 0.3) is 0 Å². The third kappa shape index (κ3) is 2.63. The van der Waals surface area contributed by atoms with E-state index >= 15 is 0 Å². The highest BCUT2D eigenvalue weighted by atomic mass is 19.1. The smallest absolute Gasteiger partial charge is 0.226 e. The number of para-hydroxylation sites is 1. The minimum atomic E-state index is -0.651. The number of hydrogen-bond donors (Lipinski definition) is 1. The van der Waals surface area contributed by atoms with Gasteiger partial charge in [0.15, 0.2) is 11.6 Å². The molecule has 0 aromatic heterocycles. The van der Waals surface area contributed by atoms with E-state index in [1.54, 1.807) is 17.0 Å². The van der Waals surface area contributed by atoms with E-state index in [0.29, 0.717) is 19.0 Å². The molecule has 108 valence electrons. The van der Waals surface area contributed by atoms with Crippen LogP contribution in [0.5, 0.6) is 5.75 Å². The van der Waals surface area contributed by atoms with Gasteiger partial charge in [0.25, 0.3) is 0 Å². The SMILES string of the molecule is O=C(CCOc1ccccc1F)N1CC(O)(C2CC2)C1. The van der Waals surface area contributed by atoms with E-state index in [9.17, 15) is 14.3 Å². The van der Waals surface area contributed by atoms with Crippen molar-refractivity contribution in [1.82, 2.24) is 4.90 Å². The summed E-state index contributed by atoms with van der Waals surface area (Å²) in [7, 11) is 0. The van der Waals surface area contributed by atoms with Gasteiger partial charge in [-0.3, -0.25) is 4.79 Å². The monoisotopic (exact) mass is 279 g/mol. The molecule has 0 atom stereocenters. The van der Waals surface area contributed by atoms with Gasteiger partial charge in [0, 0.05) is 0 Å². The number of halogens is 1. The first-order valence-corrected chi connectivity index (χ1v) is 6.96. The summed E-state index contributed by atoms with van der Waals surface area (Å²) < 4.78 is 18.5. The summed E-state index contributed by atoms with van der Waals surface area (Å²) in [5.74, 6) is 0.0679. The lowest BCUT2D eigenvalue weighted by molar-refractivity contribution is -0.159. The molecule has 0 spiro atoms. The Balaban J connectivity index is 1.41. The minimum absolute atomic E-state index is 0.0494. The van der Waals surface area contributed by atoms with E-state index in [1.807, 2.05) is 0 Å². The summed E-state index contributed by atoms with van der Waals surface area (Å²) in [5.41, 5.74) is -0.651. The first-order valence-electron chi connectivity index (χ1n) is 6.96. The maximum atomic E-state index is 13.3. The van der Waals surface area contributed by atoms with Crippen LogP contribution >= 0.6 is 0 Å². The Morgan fingerprint density at radius 1 is 1.40 bits per heavy atom. The lowest BCUT2D eigenvalue weighted by atomic mass is 9.88. The number of ether oxygens (including phenoxy) is 1. The van der Waals surface area contributed by atoms with Crippen LogP contribution in [0.15, 0.2) is 24.3 Å². The van der Waals surface area contributed by atoms with Crippen molar-refractivity contribution in [2.75, 3.05) is 19.7 Å². The van der Waals surface area contributed by atoms with Crippen molar-refractivity contribution in [1.29, 1.82) is 0 Å². The predicted octanol–water partition coefficient (Wildman–Crippen LogP) is 1.58. The van der Waals surface area contributed by atoms with Crippen LogP contribution in [0.4, 0.5) is 4.39 Å². The first-order chi connectivity index (χ1) is 9.58. The lowest BCUT2D eigenvalue weighted by Gasteiger charge is -2.47. The molecule has 0 bridgehead atoms. The lowest BCUT2D eigenvalue weighted by Crippen LogP contribution is -2.64. The van der Waals surface area contributed by atoms with Crippen LogP contribution in [0.3, 0.4) is 0 Å². The maximum Gasteiger partial charge on any atom is 0.226 e. The van der Waals surface area contributed by atoms with Crippen molar-refractivity contribution in [3.05, 3.63) is 30.1 Å². The summed E-state index contributed by atoms with van der Waals surface area (Å²) in [6.07, 6.45) is 2.33. The summed E-state index contributed by atoms with van der Waals surface area (Å²) in [4.78, 5) is 13.5. The fourth-order valence-electron chi connectivity index (χ4n) is 2.64. The van der Waals surface area contributed by atoms with E-state index in [4.69, 9.17) is 4.74 Å². The molecule has 1 aliphatic heterocycles. The number of amides is 1. The number of rotatable bonds is 5. The highest BCUT2D eigenvalue weighted by molar-refractivity contribution is 5.77. The summed E-state index contributed by atoms with van der Waals surface area (Å²) >= 11 is 0. The maximum absolute atomic E-state index is 13.3. The molecule has 0 radical (unpaired) electrons. The molecule has 1 aromatic rings. The third-order valence-electron chi connectivity index (χ3n) is 4.03. The number of β-amino-alcohol motifs (C(OH)–C–C–N with tert-alkyl or cyclic N) is 1. The second-order valence-corrected chi connectivity index (χ2v) is 5.66. The molecule has 4 nitrogen and oxygen atoms in total. The Morgan fingerprint density at radius 2 is 2.10 bits per heavy atom. The van der Waals surface area contributed by atoms with Gasteiger partial charge in [-0.05, 0) is 30.9 Å². The number of nitrogens with zero attached hydrogens (tertiary/aromatic N) is 1. The molecule has 2 aliphatic rings. The fraction of sp³-hybridized carbons (Fsp3) is 0.533. The van der Waals surface area contributed by atoms with Crippen molar-refractivity contribution in [2.45, 2.75) is 24.9 Å². The first kappa shape index (κ1) is 13.4. The minimum Gasteiger partial charge on any atom is -0.490 e. The van der Waals surface area contributed by atoms with Gasteiger partial charge in [-0.2, -0.15) is 0 Å². The van der Waals surface area contributed by atoms with Crippen LogP contribution in [0.2, 0.25) is 0 Å². The second-order valence-electron chi connectivity index (χ2n) is 5.66. The number of hydrogen-bond acceptors (Lipinski definition) is 3. The van der Waals surface area contributed by atoms with Crippen LogP contribution in [0, 0.1) is 11.7 Å². The van der Waals surface area contributed by atoms with Gasteiger partial charge in [-0.1, -0.05) is 12.1 Å². The molecule has 20 heavy (non-hydrogen) atoms. The van der Waals surface area contributed by atoms with E-state index in [0.717, 1.165) is 12.8 Å². The van der Waals surface area contributed by atoms with Crippen molar-refractivity contribution in [3.63, 3.8) is 0 Å². The highest BCUT2D eigenvalue weighted by Gasteiger charge is 2.53. The van der Waals surface area contributed by atoms with Crippen LogP contribution in [-0.2, 0) is 4.79 Å². The molecule has 5 heteroatoms. The molecule has 1 N–H and O–H groups in total. The zero-order chi connectivity index (χ0) is 14.2. The van der Waals surface area contributed by atoms with Gasteiger partial charge in [0.2, 0.25) is 5.91 Å². The van der Waals surface area contributed by atoms with Crippen LogP contribution < -0.4 is 4.74 Å². The number of aliphatic hydroxyl groups is 1. The fourth-order valence-corrected chi connectivity index (χ4v) is 2.64. The number of benzene rings is 1. The molecule has 1 saturated heterocycles.